The van der Waals surface area contributed by atoms with Crippen molar-refractivity contribution in [3.63, 3.8) is 0 Å². The average molecular weight is 200 g/mol. The van der Waals surface area contributed by atoms with Gasteiger partial charge in [-0.3, -0.25) is 0 Å². The molecule has 0 amide bonds. The topological polar surface area (TPSA) is 35.5 Å². The van der Waals surface area contributed by atoms with Crippen LogP contribution >= 0.6 is 0 Å². The molecular formula is C11H20O3. The predicted octanol–water partition coefficient (Wildman–Crippen LogP) is 2.63. The number of esters is 1. The smallest absolute Gasteiger partial charge is 0.337 e. The van der Waals surface area contributed by atoms with Crippen molar-refractivity contribution in [2.45, 2.75) is 64.8 Å². The lowest BCUT2D eigenvalue weighted by molar-refractivity contribution is -0.160. The van der Waals surface area contributed by atoms with Crippen molar-refractivity contribution in [3.05, 3.63) is 0 Å². The summed E-state index contributed by atoms with van der Waals surface area (Å²) in [6.45, 7) is 5.72. The van der Waals surface area contributed by atoms with E-state index in [0.29, 0.717) is 0 Å². The number of unbranched alkanes of at least 4 members (excludes halogenated alkanes) is 3. The molecule has 3 nitrogen and oxygen atoms in total. The van der Waals surface area contributed by atoms with Gasteiger partial charge in [0.05, 0.1) is 0 Å². The average Bonchev–Trinajstić information content (AvgIpc) is 2.34. The Morgan fingerprint density at radius 3 is 2.50 bits per heavy atom. The highest BCUT2D eigenvalue weighted by molar-refractivity contribution is 5.76. The molecule has 1 heterocycles. The molecule has 82 valence electrons. The number of hydrogen-bond donors (Lipinski definition) is 0. The van der Waals surface area contributed by atoms with Crippen LogP contribution in [0.3, 0.4) is 0 Å². The van der Waals surface area contributed by atoms with E-state index in [1.165, 1.54) is 19.3 Å². The van der Waals surface area contributed by atoms with Crippen molar-refractivity contribution in [1.82, 2.24) is 0 Å². The summed E-state index contributed by atoms with van der Waals surface area (Å²) in [5, 5.41) is 0. The van der Waals surface area contributed by atoms with Crippen LogP contribution in [-0.2, 0) is 14.3 Å². The van der Waals surface area contributed by atoms with Crippen molar-refractivity contribution in [2.24, 2.45) is 0 Å². The highest BCUT2D eigenvalue weighted by Crippen LogP contribution is 2.26. The summed E-state index contributed by atoms with van der Waals surface area (Å²) in [6.07, 6.45) is 5.12. The van der Waals surface area contributed by atoms with Gasteiger partial charge >= 0.3 is 5.97 Å². The minimum absolute atomic E-state index is 0.202. The molecule has 0 aromatic heterocycles. The van der Waals surface area contributed by atoms with Gasteiger partial charge in [0.2, 0.25) is 5.79 Å². The summed E-state index contributed by atoms with van der Waals surface area (Å²) >= 11 is 0. The molecule has 0 N–H and O–H groups in total. The maximum Gasteiger partial charge on any atom is 0.337 e. The van der Waals surface area contributed by atoms with Gasteiger partial charge in [0.1, 0.15) is 0 Å². The van der Waals surface area contributed by atoms with E-state index >= 15 is 0 Å². The lowest BCUT2D eigenvalue weighted by Crippen LogP contribution is -2.21. The van der Waals surface area contributed by atoms with Crippen LogP contribution in [0.4, 0.5) is 0 Å². The van der Waals surface area contributed by atoms with E-state index in [1.807, 2.05) is 0 Å². The van der Waals surface area contributed by atoms with Gasteiger partial charge in [-0.05, 0) is 6.42 Å². The van der Waals surface area contributed by atoms with Gasteiger partial charge in [0.15, 0.2) is 6.10 Å². The number of cyclic esters (lactones) is 1. The van der Waals surface area contributed by atoms with Crippen molar-refractivity contribution >= 4 is 5.97 Å². The molecular weight excluding hydrogens is 180 g/mol. The lowest BCUT2D eigenvalue weighted by atomic mass is 10.1. The molecule has 0 aromatic carbocycles. The van der Waals surface area contributed by atoms with Crippen molar-refractivity contribution in [1.29, 1.82) is 0 Å². The van der Waals surface area contributed by atoms with Crippen LogP contribution in [0.1, 0.15) is 52.9 Å². The molecule has 0 unspecified atom stereocenters. The van der Waals surface area contributed by atoms with Gasteiger partial charge in [0.25, 0.3) is 0 Å². The third-order valence-corrected chi connectivity index (χ3v) is 2.36. The van der Waals surface area contributed by atoms with Crippen LogP contribution in [0.15, 0.2) is 0 Å². The summed E-state index contributed by atoms with van der Waals surface area (Å²) in [5.41, 5.74) is 0. The SMILES string of the molecule is CCCCCC[C@H]1OC(C)(C)OC1=O. The van der Waals surface area contributed by atoms with Gasteiger partial charge < -0.3 is 9.47 Å². The molecule has 1 saturated heterocycles. The standard InChI is InChI=1S/C11H20O3/c1-4-5-6-7-8-9-10(12)14-11(2,3)13-9/h9H,4-8H2,1-3H3/t9-/m1/s1. The second-order valence-corrected chi connectivity index (χ2v) is 4.28. The first-order valence-electron chi connectivity index (χ1n) is 5.46. The molecule has 3 heteroatoms. The van der Waals surface area contributed by atoms with Crippen LogP contribution in [0.5, 0.6) is 0 Å². The Kier molecular flexibility index (Phi) is 3.93. The third kappa shape index (κ3) is 3.29. The Labute approximate surface area is 85.8 Å². The van der Waals surface area contributed by atoms with E-state index in [0.717, 1.165) is 12.8 Å². The van der Waals surface area contributed by atoms with Gasteiger partial charge in [-0.15, -0.1) is 0 Å². The molecule has 1 aliphatic rings. The molecule has 14 heavy (non-hydrogen) atoms. The zero-order valence-electron chi connectivity index (χ0n) is 9.34. The first-order valence-corrected chi connectivity index (χ1v) is 5.46. The van der Waals surface area contributed by atoms with E-state index in [4.69, 9.17) is 9.47 Å². The fraction of sp³-hybridized carbons (Fsp3) is 0.909. The molecule has 1 fully saturated rings. The Morgan fingerprint density at radius 2 is 2.00 bits per heavy atom. The Bertz CT molecular complexity index is 199. The largest absolute Gasteiger partial charge is 0.432 e. The molecule has 1 aliphatic heterocycles. The molecule has 0 spiro atoms. The Morgan fingerprint density at radius 1 is 1.29 bits per heavy atom. The third-order valence-electron chi connectivity index (χ3n) is 2.36. The van der Waals surface area contributed by atoms with Crippen molar-refractivity contribution in [2.75, 3.05) is 0 Å². The van der Waals surface area contributed by atoms with Crippen LogP contribution in [0, 0.1) is 0 Å². The number of hydrogen-bond acceptors (Lipinski definition) is 3. The summed E-state index contributed by atoms with van der Waals surface area (Å²) < 4.78 is 10.5. The van der Waals surface area contributed by atoms with Gasteiger partial charge in [-0.2, -0.15) is 0 Å². The maximum atomic E-state index is 11.3. The van der Waals surface area contributed by atoms with E-state index in [9.17, 15) is 4.79 Å². The van der Waals surface area contributed by atoms with Crippen LogP contribution in [-0.4, -0.2) is 17.9 Å². The van der Waals surface area contributed by atoms with Crippen molar-refractivity contribution in [3.8, 4) is 0 Å². The molecule has 0 radical (unpaired) electrons. The second kappa shape index (κ2) is 4.78. The highest BCUT2D eigenvalue weighted by Gasteiger charge is 2.40. The van der Waals surface area contributed by atoms with Gasteiger partial charge in [-0.25, -0.2) is 4.79 Å². The maximum absolute atomic E-state index is 11.3. The number of rotatable bonds is 5. The molecule has 1 atom stereocenters. The zero-order chi connectivity index (χ0) is 10.6. The minimum atomic E-state index is -0.716. The van der Waals surface area contributed by atoms with E-state index < -0.39 is 5.79 Å². The first kappa shape index (κ1) is 11.5. The van der Waals surface area contributed by atoms with Crippen LogP contribution < -0.4 is 0 Å². The highest BCUT2D eigenvalue weighted by atomic mass is 16.8. The summed E-state index contributed by atoms with van der Waals surface area (Å²) in [5.74, 6) is -0.918. The molecule has 0 aliphatic carbocycles. The summed E-state index contributed by atoms with van der Waals surface area (Å²) in [6, 6.07) is 0. The van der Waals surface area contributed by atoms with Crippen LogP contribution in [0.2, 0.25) is 0 Å². The van der Waals surface area contributed by atoms with Gasteiger partial charge in [0, 0.05) is 13.8 Å². The molecule has 0 aromatic rings. The van der Waals surface area contributed by atoms with Crippen LogP contribution in [0.25, 0.3) is 0 Å². The molecule has 0 bridgehead atoms. The Hall–Kier alpha value is -0.570. The fourth-order valence-corrected chi connectivity index (χ4v) is 1.66. The van der Waals surface area contributed by atoms with E-state index in [-0.39, 0.29) is 12.1 Å². The van der Waals surface area contributed by atoms with E-state index in [1.54, 1.807) is 13.8 Å². The Balaban J connectivity index is 2.22. The minimum Gasteiger partial charge on any atom is -0.432 e. The fourth-order valence-electron chi connectivity index (χ4n) is 1.66. The summed E-state index contributed by atoms with van der Waals surface area (Å²) in [7, 11) is 0. The molecule has 0 saturated carbocycles. The molecule has 1 rings (SSSR count). The zero-order valence-corrected chi connectivity index (χ0v) is 9.34. The normalized spacial score (nSPS) is 25.1. The van der Waals surface area contributed by atoms with E-state index in [2.05, 4.69) is 6.92 Å². The van der Waals surface area contributed by atoms with Crippen molar-refractivity contribution < 1.29 is 14.3 Å². The first-order chi connectivity index (χ1) is 6.55. The predicted molar refractivity (Wildman–Crippen MR) is 53.8 cm³/mol. The number of carbonyl (C=O) groups is 1. The monoisotopic (exact) mass is 200 g/mol. The quantitative estimate of drug-likeness (QED) is 0.505. The number of carbonyl (C=O) groups excluding carboxylic acids is 1. The summed E-state index contributed by atoms with van der Waals surface area (Å²) in [4.78, 5) is 11.3. The second-order valence-electron chi connectivity index (χ2n) is 4.28. The number of ether oxygens (including phenoxy) is 2. The van der Waals surface area contributed by atoms with Gasteiger partial charge in [-0.1, -0.05) is 32.6 Å². The lowest BCUT2D eigenvalue weighted by Gasteiger charge is -2.15.